The van der Waals surface area contributed by atoms with E-state index in [2.05, 4.69) is 0 Å². The first kappa shape index (κ1) is 12.9. The minimum absolute atomic E-state index is 0.170. The minimum atomic E-state index is -0.378. The number of carbonyl (C=O) groups excluding carboxylic acids is 1. The average molecular weight is 239 g/mol. The minimum Gasteiger partial charge on any atom is -0.465 e. The van der Waals surface area contributed by atoms with Gasteiger partial charge in [0, 0.05) is 0 Å². The molecule has 0 aliphatic heterocycles. The molecule has 2 N–H and O–H groups in total. The van der Waals surface area contributed by atoms with Gasteiger partial charge in [-0.15, -0.1) is 0 Å². The van der Waals surface area contributed by atoms with Crippen LogP contribution in [-0.4, -0.2) is 18.6 Å². The number of hydrogen-bond donors (Lipinski definition) is 1. The Morgan fingerprint density at radius 3 is 2.41 bits per heavy atom. The lowest BCUT2D eigenvalue weighted by atomic mass is 9.83. The van der Waals surface area contributed by atoms with Gasteiger partial charge in [-0.2, -0.15) is 0 Å². The molecule has 2 saturated carbocycles. The predicted octanol–water partition coefficient (Wildman–Crippen LogP) is 2.63. The van der Waals surface area contributed by atoms with Crippen molar-refractivity contribution in [1.82, 2.24) is 0 Å². The first-order chi connectivity index (χ1) is 8.27. The third kappa shape index (κ3) is 3.70. The first-order valence-electron chi connectivity index (χ1n) is 7.19. The van der Waals surface area contributed by atoms with Gasteiger partial charge in [0.1, 0.15) is 6.04 Å². The molecule has 0 aromatic heterocycles. The van der Waals surface area contributed by atoms with E-state index in [9.17, 15) is 4.79 Å². The molecule has 0 amide bonds. The molecule has 98 valence electrons. The highest BCUT2D eigenvalue weighted by molar-refractivity contribution is 5.75. The predicted molar refractivity (Wildman–Crippen MR) is 67.5 cm³/mol. The van der Waals surface area contributed by atoms with E-state index in [0.717, 1.165) is 25.2 Å². The van der Waals surface area contributed by atoms with Crippen LogP contribution in [0.4, 0.5) is 0 Å². The molecule has 0 bridgehead atoms. The van der Waals surface area contributed by atoms with Crippen LogP contribution in [0, 0.1) is 11.8 Å². The number of carbonyl (C=O) groups is 1. The molecule has 3 nitrogen and oxygen atoms in total. The van der Waals surface area contributed by atoms with Crippen molar-refractivity contribution in [3.63, 3.8) is 0 Å². The van der Waals surface area contributed by atoms with Crippen molar-refractivity contribution in [3.05, 3.63) is 0 Å². The Morgan fingerprint density at radius 1 is 1.12 bits per heavy atom. The Morgan fingerprint density at radius 2 is 1.82 bits per heavy atom. The maximum atomic E-state index is 11.8. The average Bonchev–Trinajstić information content (AvgIpc) is 2.32. The molecule has 1 atom stereocenters. The summed E-state index contributed by atoms with van der Waals surface area (Å²) in [5.41, 5.74) is 5.98. The number of ether oxygens (including phenoxy) is 1. The molecule has 2 rings (SSSR count). The van der Waals surface area contributed by atoms with Gasteiger partial charge in [0.05, 0.1) is 6.61 Å². The van der Waals surface area contributed by atoms with Gasteiger partial charge in [0.15, 0.2) is 0 Å². The normalized spacial score (nSPS) is 24.1. The van der Waals surface area contributed by atoms with Crippen molar-refractivity contribution >= 4 is 5.97 Å². The number of esters is 1. The Hall–Kier alpha value is -0.570. The maximum absolute atomic E-state index is 11.8. The Kier molecular flexibility index (Phi) is 4.84. The molecule has 0 saturated heterocycles. The van der Waals surface area contributed by atoms with E-state index < -0.39 is 0 Å². The van der Waals surface area contributed by atoms with Crippen molar-refractivity contribution in [1.29, 1.82) is 0 Å². The van der Waals surface area contributed by atoms with Gasteiger partial charge in [-0.25, -0.2) is 0 Å². The fraction of sp³-hybridized carbons (Fsp3) is 0.929. The third-order valence-electron chi connectivity index (χ3n) is 4.43. The lowest BCUT2D eigenvalue weighted by Gasteiger charge is -2.27. The Bertz CT molecular complexity index is 245. The number of hydrogen-bond acceptors (Lipinski definition) is 3. The summed E-state index contributed by atoms with van der Waals surface area (Å²) in [6.07, 6.45) is 10.9. The summed E-state index contributed by atoms with van der Waals surface area (Å²) >= 11 is 0. The molecule has 0 spiro atoms. The van der Waals surface area contributed by atoms with Crippen LogP contribution in [0.25, 0.3) is 0 Å². The summed E-state index contributed by atoms with van der Waals surface area (Å²) in [5.74, 6) is 0.991. The van der Waals surface area contributed by atoms with Crippen LogP contribution in [0.1, 0.15) is 57.8 Å². The van der Waals surface area contributed by atoms with Crippen molar-refractivity contribution < 1.29 is 9.53 Å². The van der Waals surface area contributed by atoms with E-state index in [1.807, 2.05) is 0 Å². The van der Waals surface area contributed by atoms with Crippen LogP contribution >= 0.6 is 0 Å². The van der Waals surface area contributed by atoms with Crippen LogP contribution in [0.3, 0.4) is 0 Å². The smallest absolute Gasteiger partial charge is 0.323 e. The van der Waals surface area contributed by atoms with Gasteiger partial charge >= 0.3 is 5.97 Å². The van der Waals surface area contributed by atoms with Gasteiger partial charge in [0.25, 0.3) is 0 Å². The van der Waals surface area contributed by atoms with Gasteiger partial charge in [-0.1, -0.05) is 38.5 Å². The van der Waals surface area contributed by atoms with E-state index in [1.165, 1.54) is 38.5 Å². The Balaban J connectivity index is 1.63. The maximum Gasteiger partial charge on any atom is 0.323 e. The molecule has 0 aromatic rings. The summed E-state index contributed by atoms with van der Waals surface area (Å²) in [5, 5.41) is 0. The van der Waals surface area contributed by atoms with Crippen LogP contribution < -0.4 is 5.73 Å². The summed E-state index contributed by atoms with van der Waals surface area (Å²) in [4.78, 5) is 11.8. The highest BCUT2D eigenvalue weighted by Crippen LogP contribution is 2.29. The molecule has 0 heterocycles. The van der Waals surface area contributed by atoms with E-state index in [-0.39, 0.29) is 12.0 Å². The molecule has 1 unspecified atom stereocenters. The molecule has 2 aliphatic carbocycles. The molecular formula is C14H25NO2. The van der Waals surface area contributed by atoms with Crippen LogP contribution in [0.5, 0.6) is 0 Å². The largest absolute Gasteiger partial charge is 0.465 e. The summed E-state index contributed by atoms with van der Waals surface area (Å²) in [7, 11) is 0. The van der Waals surface area contributed by atoms with Gasteiger partial charge in [-0.05, 0) is 31.1 Å². The fourth-order valence-corrected chi connectivity index (χ4v) is 2.89. The van der Waals surface area contributed by atoms with E-state index >= 15 is 0 Å². The van der Waals surface area contributed by atoms with Crippen LogP contribution in [-0.2, 0) is 9.53 Å². The second kappa shape index (κ2) is 6.39. The van der Waals surface area contributed by atoms with Gasteiger partial charge < -0.3 is 10.5 Å². The van der Waals surface area contributed by atoms with E-state index in [0.29, 0.717) is 12.5 Å². The molecule has 3 heteroatoms. The van der Waals surface area contributed by atoms with Gasteiger partial charge in [0.2, 0.25) is 0 Å². The van der Waals surface area contributed by atoms with Crippen LogP contribution in [0.15, 0.2) is 0 Å². The van der Waals surface area contributed by atoms with E-state index in [4.69, 9.17) is 10.5 Å². The van der Waals surface area contributed by atoms with Crippen molar-refractivity contribution in [3.8, 4) is 0 Å². The third-order valence-corrected chi connectivity index (χ3v) is 4.43. The molecule has 2 aliphatic rings. The summed E-state index contributed by atoms with van der Waals surface area (Å²) in [6.45, 7) is 0.573. The monoisotopic (exact) mass is 239 g/mol. The first-order valence-corrected chi connectivity index (χ1v) is 7.19. The molecule has 17 heavy (non-hydrogen) atoms. The Labute approximate surface area is 104 Å². The molecule has 0 radical (unpaired) electrons. The fourth-order valence-electron chi connectivity index (χ4n) is 2.89. The zero-order valence-electron chi connectivity index (χ0n) is 10.7. The second-order valence-corrected chi connectivity index (χ2v) is 5.68. The van der Waals surface area contributed by atoms with E-state index in [1.54, 1.807) is 0 Å². The second-order valence-electron chi connectivity index (χ2n) is 5.68. The standard InChI is InChI=1S/C14H25NO2/c15-13(12-7-2-1-3-8-12)14(16)17-10-9-11-5-4-6-11/h11-13H,1-10,15H2. The quantitative estimate of drug-likeness (QED) is 0.750. The lowest BCUT2D eigenvalue weighted by molar-refractivity contribution is -0.147. The summed E-state index contributed by atoms with van der Waals surface area (Å²) in [6, 6.07) is -0.378. The SMILES string of the molecule is NC(C(=O)OCCC1CCC1)C1CCCCC1. The van der Waals surface area contributed by atoms with Crippen molar-refractivity contribution in [2.75, 3.05) is 6.61 Å². The highest BCUT2D eigenvalue weighted by Gasteiger charge is 2.27. The zero-order valence-corrected chi connectivity index (χ0v) is 10.7. The topological polar surface area (TPSA) is 52.3 Å². The van der Waals surface area contributed by atoms with Crippen molar-refractivity contribution in [2.24, 2.45) is 17.6 Å². The lowest BCUT2D eigenvalue weighted by Crippen LogP contribution is -2.40. The molecule has 2 fully saturated rings. The zero-order chi connectivity index (χ0) is 12.1. The highest BCUT2D eigenvalue weighted by atomic mass is 16.5. The molecular weight excluding hydrogens is 214 g/mol. The van der Waals surface area contributed by atoms with Gasteiger partial charge in [-0.3, -0.25) is 4.79 Å². The van der Waals surface area contributed by atoms with Crippen LogP contribution in [0.2, 0.25) is 0 Å². The van der Waals surface area contributed by atoms with Crippen molar-refractivity contribution in [2.45, 2.75) is 63.8 Å². The summed E-state index contributed by atoms with van der Waals surface area (Å²) < 4.78 is 5.30. The number of rotatable bonds is 5. The molecule has 0 aromatic carbocycles. The number of nitrogens with two attached hydrogens (primary N) is 1.